The minimum Gasteiger partial charge on any atom is -0.322 e. The highest BCUT2D eigenvalue weighted by molar-refractivity contribution is 5.79. The summed E-state index contributed by atoms with van der Waals surface area (Å²) in [5.41, 5.74) is 3.24. The first kappa shape index (κ1) is 12.4. The lowest BCUT2D eigenvalue weighted by molar-refractivity contribution is 0.460. The van der Waals surface area contributed by atoms with Crippen LogP contribution in [0.2, 0.25) is 0 Å². The zero-order chi connectivity index (χ0) is 13.2. The molecule has 0 bridgehead atoms. The van der Waals surface area contributed by atoms with Gasteiger partial charge < -0.3 is 10.3 Å². The lowest BCUT2D eigenvalue weighted by Gasteiger charge is -2.23. The third kappa shape index (κ3) is 2.43. The van der Waals surface area contributed by atoms with E-state index in [9.17, 15) is 4.79 Å². The van der Waals surface area contributed by atoms with E-state index in [0.717, 1.165) is 36.0 Å². The van der Waals surface area contributed by atoms with E-state index in [0.29, 0.717) is 5.92 Å². The summed E-state index contributed by atoms with van der Waals surface area (Å²) in [7, 11) is 0. The zero-order valence-corrected chi connectivity index (χ0v) is 11.3. The van der Waals surface area contributed by atoms with Crippen molar-refractivity contribution in [3.8, 4) is 0 Å². The lowest BCUT2D eigenvalue weighted by Crippen LogP contribution is -2.26. The standard InChI is InChI=1S/C16H20N2O/c1-2-11-9-14-4-3-13(10-15(14)18-16(11)19)12-5-7-17-8-6-12/h3-4,9-10,12,17H,2,5-8H2,1H3,(H,18,19). The second-order valence-corrected chi connectivity index (χ2v) is 5.35. The maximum atomic E-state index is 11.9. The number of pyridine rings is 1. The molecule has 100 valence electrons. The molecule has 0 saturated carbocycles. The fourth-order valence-electron chi connectivity index (χ4n) is 2.94. The highest BCUT2D eigenvalue weighted by Crippen LogP contribution is 2.27. The number of hydrogen-bond acceptors (Lipinski definition) is 2. The number of fused-ring (bicyclic) bond motifs is 1. The summed E-state index contributed by atoms with van der Waals surface area (Å²) in [6.45, 7) is 4.20. The Kier molecular flexibility index (Phi) is 3.38. The molecule has 1 aliphatic heterocycles. The number of aryl methyl sites for hydroxylation is 1. The Bertz CT molecular complexity index is 639. The molecule has 0 amide bonds. The van der Waals surface area contributed by atoms with Crippen molar-refractivity contribution in [1.29, 1.82) is 0 Å². The Morgan fingerprint density at radius 1 is 1.21 bits per heavy atom. The molecule has 2 N–H and O–H groups in total. The number of piperidine rings is 1. The molecule has 2 aromatic rings. The van der Waals surface area contributed by atoms with E-state index in [1.54, 1.807) is 0 Å². The summed E-state index contributed by atoms with van der Waals surface area (Å²) in [6, 6.07) is 8.53. The molecule has 1 aliphatic rings. The summed E-state index contributed by atoms with van der Waals surface area (Å²) in [6.07, 6.45) is 3.15. The average molecular weight is 256 g/mol. The highest BCUT2D eigenvalue weighted by atomic mass is 16.1. The maximum Gasteiger partial charge on any atom is 0.251 e. The molecule has 1 aromatic heterocycles. The van der Waals surface area contributed by atoms with Crippen molar-refractivity contribution in [2.75, 3.05) is 13.1 Å². The fraction of sp³-hybridized carbons (Fsp3) is 0.438. The number of H-pyrrole nitrogens is 1. The SMILES string of the molecule is CCc1cc2ccc(C3CCNCC3)cc2[nH]c1=O. The van der Waals surface area contributed by atoms with Crippen molar-refractivity contribution >= 4 is 10.9 Å². The lowest BCUT2D eigenvalue weighted by atomic mass is 9.89. The van der Waals surface area contributed by atoms with E-state index < -0.39 is 0 Å². The largest absolute Gasteiger partial charge is 0.322 e. The van der Waals surface area contributed by atoms with Gasteiger partial charge in [-0.25, -0.2) is 0 Å². The number of aromatic amines is 1. The molecule has 0 atom stereocenters. The Balaban J connectivity index is 2.02. The van der Waals surface area contributed by atoms with Crippen LogP contribution in [0.25, 0.3) is 10.9 Å². The van der Waals surface area contributed by atoms with Crippen LogP contribution in [0.3, 0.4) is 0 Å². The van der Waals surface area contributed by atoms with Crippen LogP contribution in [0.15, 0.2) is 29.1 Å². The van der Waals surface area contributed by atoms with Gasteiger partial charge in [0.25, 0.3) is 5.56 Å². The van der Waals surface area contributed by atoms with Crippen molar-refractivity contribution in [3.63, 3.8) is 0 Å². The number of hydrogen-bond donors (Lipinski definition) is 2. The van der Waals surface area contributed by atoms with E-state index in [-0.39, 0.29) is 5.56 Å². The van der Waals surface area contributed by atoms with Gasteiger partial charge in [-0.3, -0.25) is 4.79 Å². The minimum atomic E-state index is 0.0532. The smallest absolute Gasteiger partial charge is 0.251 e. The van der Waals surface area contributed by atoms with Gasteiger partial charge in [0.05, 0.1) is 0 Å². The molecule has 19 heavy (non-hydrogen) atoms. The Morgan fingerprint density at radius 2 is 2.00 bits per heavy atom. The Labute approximate surface area is 113 Å². The summed E-state index contributed by atoms with van der Waals surface area (Å²) in [5.74, 6) is 0.625. The molecule has 3 rings (SSSR count). The molecule has 0 unspecified atom stereocenters. The molecule has 1 saturated heterocycles. The monoisotopic (exact) mass is 256 g/mol. The van der Waals surface area contributed by atoms with Gasteiger partial charge >= 0.3 is 0 Å². The predicted molar refractivity (Wildman–Crippen MR) is 78.8 cm³/mol. The predicted octanol–water partition coefficient (Wildman–Crippen LogP) is 2.56. The van der Waals surface area contributed by atoms with Gasteiger partial charge in [-0.05, 0) is 61.4 Å². The molecule has 0 radical (unpaired) electrons. The molecule has 2 heterocycles. The number of benzene rings is 1. The van der Waals surface area contributed by atoms with E-state index in [1.807, 2.05) is 13.0 Å². The van der Waals surface area contributed by atoms with Crippen molar-refractivity contribution in [2.45, 2.75) is 32.1 Å². The van der Waals surface area contributed by atoms with Crippen LogP contribution in [0, 0.1) is 0 Å². The van der Waals surface area contributed by atoms with Crippen molar-refractivity contribution < 1.29 is 0 Å². The third-order valence-corrected chi connectivity index (χ3v) is 4.14. The van der Waals surface area contributed by atoms with Crippen LogP contribution in [0.4, 0.5) is 0 Å². The third-order valence-electron chi connectivity index (χ3n) is 4.14. The zero-order valence-electron chi connectivity index (χ0n) is 11.3. The molecular weight excluding hydrogens is 236 g/mol. The highest BCUT2D eigenvalue weighted by Gasteiger charge is 2.15. The van der Waals surface area contributed by atoms with Crippen molar-refractivity contribution in [1.82, 2.24) is 10.3 Å². The van der Waals surface area contributed by atoms with Gasteiger partial charge in [-0.2, -0.15) is 0 Å². The fourth-order valence-corrected chi connectivity index (χ4v) is 2.94. The number of aromatic nitrogens is 1. The Hall–Kier alpha value is -1.61. The first-order valence-electron chi connectivity index (χ1n) is 7.14. The van der Waals surface area contributed by atoms with Crippen molar-refractivity contribution in [3.05, 3.63) is 45.7 Å². The quantitative estimate of drug-likeness (QED) is 0.867. The summed E-state index contributed by atoms with van der Waals surface area (Å²) < 4.78 is 0. The van der Waals surface area contributed by atoms with Crippen LogP contribution in [-0.2, 0) is 6.42 Å². The van der Waals surface area contributed by atoms with Gasteiger partial charge in [-0.15, -0.1) is 0 Å². The molecule has 0 spiro atoms. The first-order valence-corrected chi connectivity index (χ1v) is 7.14. The Morgan fingerprint density at radius 3 is 2.74 bits per heavy atom. The second kappa shape index (κ2) is 5.17. The second-order valence-electron chi connectivity index (χ2n) is 5.35. The van der Waals surface area contributed by atoms with Crippen LogP contribution in [0.5, 0.6) is 0 Å². The van der Waals surface area contributed by atoms with Crippen molar-refractivity contribution in [2.24, 2.45) is 0 Å². The minimum absolute atomic E-state index is 0.0532. The molecular formula is C16H20N2O. The van der Waals surface area contributed by atoms with E-state index in [1.165, 1.54) is 18.4 Å². The van der Waals surface area contributed by atoms with E-state index in [2.05, 4.69) is 28.5 Å². The van der Waals surface area contributed by atoms with Crippen LogP contribution < -0.4 is 10.9 Å². The van der Waals surface area contributed by atoms with E-state index in [4.69, 9.17) is 0 Å². The molecule has 0 aliphatic carbocycles. The summed E-state index contributed by atoms with van der Waals surface area (Å²) in [5, 5.41) is 4.52. The molecule has 1 fully saturated rings. The topological polar surface area (TPSA) is 44.9 Å². The number of rotatable bonds is 2. The number of nitrogens with one attached hydrogen (secondary N) is 2. The summed E-state index contributed by atoms with van der Waals surface area (Å²) >= 11 is 0. The van der Waals surface area contributed by atoms with Gasteiger partial charge in [0.15, 0.2) is 0 Å². The van der Waals surface area contributed by atoms with Gasteiger partial charge in [0.2, 0.25) is 0 Å². The molecule has 1 aromatic carbocycles. The first-order chi connectivity index (χ1) is 9.28. The molecule has 3 heteroatoms. The van der Waals surface area contributed by atoms with Crippen LogP contribution in [-0.4, -0.2) is 18.1 Å². The average Bonchev–Trinajstić information content (AvgIpc) is 2.47. The van der Waals surface area contributed by atoms with Gasteiger partial charge in [-0.1, -0.05) is 19.1 Å². The maximum absolute atomic E-state index is 11.9. The normalized spacial score (nSPS) is 16.9. The van der Waals surface area contributed by atoms with Crippen LogP contribution in [0.1, 0.15) is 36.8 Å². The van der Waals surface area contributed by atoms with Gasteiger partial charge in [0.1, 0.15) is 0 Å². The van der Waals surface area contributed by atoms with Crippen LogP contribution >= 0.6 is 0 Å². The summed E-state index contributed by atoms with van der Waals surface area (Å²) in [4.78, 5) is 14.9. The van der Waals surface area contributed by atoms with E-state index >= 15 is 0 Å². The van der Waals surface area contributed by atoms with Gasteiger partial charge in [0, 0.05) is 11.1 Å². The molecule has 3 nitrogen and oxygen atoms in total.